The van der Waals surface area contributed by atoms with E-state index in [2.05, 4.69) is 44.6 Å². The predicted octanol–water partition coefficient (Wildman–Crippen LogP) is 4.87. The molecule has 1 fully saturated rings. The number of aromatic amines is 1. The van der Waals surface area contributed by atoms with Gasteiger partial charge >= 0.3 is 7.12 Å². The van der Waals surface area contributed by atoms with Crippen molar-refractivity contribution in [2.24, 2.45) is 4.99 Å². The standard InChI is InChI=1S/C21H37BN2O2/c1-6-7-8-9-10-11-12-13-15-23-17-19-18(14-16-24-19)22-25-20(2,3)21(4,5)26-22/h14,16-17,24H,6-13,15H2,1-5H3. The minimum Gasteiger partial charge on any atom is -0.399 e. The van der Waals surface area contributed by atoms with E-state index in [1.54, 1.807) is 0 Å². The molecule has 26 heavy (non-hydrogen) atoms. The van der Waals surface area contributed by atoms with Crippen LogP contribution in [0.15, 0.2) is 17.3 Å². The summed E-state index contributed by atoms with van der Waals surface area (Å²) >= 11 is 0. The smallest absolute Gasteiger partial charge is 0.399 e. The van der Waals surface area contributed by atoms with Crippen LogP contribution >= 0.6 is 0 Å². The van der Waals surface area contributed by atoms with Crippen molar-refractivity contribution in [2.75, 3.05) is 6.54 Å². The van der Waals surface area contributed by atoms with E-state index in [1.807, 2.05) is 18.5 Å². The number of aliphatic imine (C=N–C) groups is 1. The van der Waals surface area contributed by atoms with Crippen LogP contribution in [0.3, 0.4) is 0 Å². The fraction of sp³-hybridized carbons (Fsp3) is 0.762. The number of rotatable bonds is 11. The first kappa shape index (κ1) is 21.2. The third-order valence-electron chi connectivity index (χ3n) is 5.68. The van der Waals surface area contributed by atoms with Crippen molar-refractivity contribution in [3.63, 3.8) is 0 Å². The zero-order valence-corrected chi connectivity index (χ0v) is 17.4. The molecule has 0 unspecified atom stereocenters. The van der Waals surface area contributed by atoms with Gasteiger partial charge in [-0.05, 0) is 40.2 Å². The van der Waals surface area contributed by atoms with Gasteiger partial charge in [-0.3, -0.25) is 4.99 Å². The highest BCUT2D eigenvalue weighted by molar-refractivity contribution is 6.63. The Hall–Kier alpha value is -1.07. The Morgan fingerprint density at radius 2 is 1.54 bits per heavy atom. The molecule has 146 valence electrons. The largest absolute Gasteiger partial charge is 0.497 e. The molecule has 1 aromatic heterocycles. The maximum absolute atomic E-state index is 6.14. The Morgan fingerprint density at radius 3 is 2.15 bits per heavy atom. The topological polar surface area (TPSA) is 46.6 Å². The molecule has 0 amide bonds. The summed E-state index contributed by atoms with van der Waals surface area (Å²) in [6.45, 7) is 11.5. The number of aromatic nitrogens is 1. The Morgan fingerprint density at radius 1 is 0.962 bits per heavy atom. The summed E-state index contributed by atoms with van der Waals surface area (Å²) in [5.41, 5.74) is 1.38. The zero-order valence-electron chi connectivity index (χ0n) is 17.4. The van der Waals surface area contributed by atoms with E-state index >= 15 is 0 Å². The van der Waals surface area contributed by atoms with E-state index in [0.717, 1.165) is 24.1 Å². The molecule has 1 N–H and O–H groups in total. The first-order chi connectivity index (χ1) is 12.4. The minimum absolute atomic E-state index is 0.319. The van der Waals surface area contributed by atoms with Crippen LogP contribution in [0.4, 0.5) is 0 Å². The molecular weight excluding hydrogens is 323 g/mol. The summed E-state index contributed by atoms with van der Waals surface area (Å²) in [4.78, 5) is 7.86. The number of unbranched alkanes of at least 4 members (excludes halogenated alkanes) is 7. The average Bonchev–Trinajstić information content (AvgIpc) is 3.11. The third kappa shape index (κ3) is 5.72. The van der Waals surface area contributed by atoms with Crippen molar-refractivity contribution >= 4 is 18.8 Å². The molecule has 1 aromatic rings. The molecule has 0 atom stereocenters. The normalized spacial score (nSPS) is 18.9. The van der Waals surface area contributed by atoms with Crippen LogP contribution in [-0.2, 0) is 9.31 Å². The molecule has 0 saturated carbocycles. The molecule has 1 aliphatic heterocycles. The average molecular weight is 360 g/mol. The highest BCUT2D eigenvalue weighted by atomic mass is 16.7. The summed E-state index contributed by atoms with van der Waals surface area (Å²) < 4.78 is 12.3. The molecule has 2 heterocycles. The molecule has 0 spiro atoms. The number of H-pyrrole nitrogens is 1. The Bertz CT molecular complexity index is 550. The SMILES string of the molecule is CCCCCCCCCCN=Cc1[nH]ccc1B1OC(C)(C)C(C)(C)O1. The van der Waals surface area contributed by atoms with Gasteiger partial charge in [-0.2, -0.15) is 0 Å². The molecule has 5 heteroatoms. The summed E-state index contributed by atoms with van der Waals surface area (Å²) in [5.74, 6) is 0. The van der Waals surface area contributed by atoms with E-state index < -0.39 is 0 Å². The molecular formula is C21H37BN2O2. The maximum Gasteiger partial charge on any atom is 0.497 e. The van der Waals surface area contributed by atoms with Gasteiger partial charge in [0.25, 0.3) is 0 Å². The van der Waals surface area contributed by atoms with Gasteiger partial charge in [0, 0.05) is 24.4 Å². The van der Waals surface area contributed by atoms with E-state index in [0.29, 0.717) is 0 Å². The summed E-state index contributed by atoms with van der Waals surface area (Å²) in [6, 6.07) is 2.03. The molecule has 1 aliphatic rings. The second-order valence-corrected chi connectivity index (χ2v) is 8.45. The van der Waals surface area contributed by atoms with Crippen molar-refractivity contribution in [1.29, 1.82) is 0 Å². The molecule has 0 aromatic carbocycles. The number of hydrogen-bond acceptors (Lipinski definition) is 3. The summed E-state index contributed by atoms with van der Waals surface area (Å²) in [5, 5.41) is 0. The molecule has 0 bridgehead atoms. The van der Waals surface area contributed by atoms with Crippen LogP contribution in [0.1, 0.15) is 91.7 Å². The first-order valence-corrected chi connectivity index (χ1v) is 10.4. The van der Waals surface area contributed by atoms with E-state index in [9.17, 15) is 0 Å². The van der Waals surface area contributed by atoms with Gasteiger partial charge in [0.15, 0.2) is 0 Å². The molecule has 2 rings (SSSR count). The van der Waals surface area contributed by atoms with Gasteiger partial charge in [0.05, 0.1) is 16.9 Å². The van der Waals surface area contributed by atoms with Gasteiger partial charge in [0.2, 0.25) is 0 Å². The number of nitrogens with zero attached hydrogens (tertiary/aromatic N) is 1. The van der Waals surface area contributed by atoms with Crippen molar-refractivity contribution in [3.8, 4) is 0 Å². The monoisotopic (exact) mass is 360 g/mol. The highest BCUT2D eigenvalue weighted by Gasteiger charge is 2.52. The van der Waals surface area contributed by atoms with Crippen molar-refractivity contribution in [1.82, 2.24) is 4.98 Å². The minimum atomic E-state index is -0.337. The number of nitrogens with one attached hydrogen (secondary N) is 1. The second-order valence-electron chi connectivity index (χ2n) is 8.45. The molecule has 0 radical (unpaired) electrons. The third-order valence-corrected chi connectivity index (χ3v) is 5.68. The molecule has 0 aliphatic carbocycles. The van der Waals surface area contributed by atoms with Gasteiger partial charge < -0.3 is 14.3 Å². The van der Waals surface area contributed by atoms with Crippen LogP contribution < -0.4 is 5.46 Å². The quantitative estimate of drug-likeness (QED) is 0.348. The van der Waals surface area contributed by atoms with E-state index in [4.69, 9.17) is 9.31 Å². The van der Waals surface area contributed by atoms with Crippen LogP contribution in [-0.4, -0.2) is 36.1 Å². The predicted molar refractivity (Wildman–Crippen MR) is 112 cm³/mol. The van der Waals surface area contributed by atoms with E-state index in [-0.39, 0.29) is 18.3 Å². The lowest BCUT2D eigenvalue weighted by Crippen LogP contribution is -2.41. The van der Waals surface area contributed by atoms with E-state index in [1.165, 1.54) is 44.9 Å². The fourth-order valence-electron chi connectivity index (χ4n) is 3.17. The highest BCUT2D eigenvalue weighted by Crippen LogP contribution is 2.36. The summed E-state index contributed by atoms with van der Waals surface area (Å²) in [6.07, 6.45) is 14.5. The lowest BCUT2D eigenvalue weighted by Gasteiger charge is -2.32. The van der Waals surface area contributed by atoms with Crippen molar-refractivity contribution in [3.05, 3.63) is 18.0 Å². The van der Waals surface area contributed by atoms with Gasteiger partial charge in [0.1, 0.15) is 0 Å². The molecule has 4 nitrogen and oxygen atoms in total. The fourth-order valence-corrected chi connectivity index (χ4v) is 3.17. The lowest BCUT2D eigenvalue weighted by atomic mass is 9.79. The van der Waals surface area contributed by atoms with Crippen LogP contribution in [0.25, 0.3) is 0 Å². The number of hydrogen-bond donors (Lipinski definition) is 1. The Balaban J connectivity index is 1.73. The Labute approximate surface area is 160 Å². The van der Waals surface area contributed by atoms with Crippen LogP contribution in [0, 0.1) is 0 Å². The van der Waals surface area contributed by atoms with Crippen molar-refractivity contribution in [2.45, 2.75) is 97.2 Å². The second kappa shape index (κ2) is 9.75. The van der Waals surface area contributed by atoms with Gasteiger partial charge in [-0.1, -0.05) is 51.9 Å². The first-order valence-electron chi connectivity index (χ1n) is 10.4. The zero-order chi connectivity index (χ0) is 19.0. The summed E-state index contributed by atoms with van der Waals surface area (Å²) in [7, 11) is -0.337. The van der Waals surface area contributed by atoms with Crippen LogP contribution in [0.2, 0.25) is 0 Å². The van der Waals surface area contributed by atoms with Gasteiger partial charge in [-0.25, -0.2) is 0 Å². The van der Waals surface area contributed by atoms with Gasteiger partial charge in [-0.15, -0.1) is 0 Å². The Kier molecular flexibility index (Phi) is 7.96. The maximum atomic E-state index is 6.14. The lowest BCUT2D eigenvalue weighted by molar-refractivity contribution is 0.00578. The molecule has 1 saturated heterocycles. The van der Waals surface area contributed by atoms with Crippen LogP contribution in [0.5, 0.6) is 0 Å². The van der Waals surface area contributed by atoms with Crippen molar-refractivity contribution < 1.29 is 9.31 Å².